The lowest BCUT2D eigenvalue weighted by Crippen LogP contribution is -2.31. The van der Waals surface area contributed by atoms with Crippen LogP contribution in [0.4, 0.5) is 0 Å². The van der Waals surface area contributed by atoms with Crippen LogP contribution in [0.1, 0.15) is 24.1 Å². The summed E-state index contributed by atoms with van der Waals surface area (Å²) < 4.78 is 26.3. The standard InChI is InChI=1S/C16H19N3O3S/c1-11-15(10-17-18-11)23(21,22)19-16(20)9-14-8-13(14)7-12-5-3-2-4-6-12/h2-6,10,13-14H,7-9H2,1H3,(H,17,18)(H,19,20)/t13-,14+/m1/s1. The minimum Gasteiger partial charge on any atom is -0.281 e. The lowest BCUT2D eigenvalue weighted by atomic mass is 10.1. The smallest absolute Gasteiger partial charge is 0.267 e. The maximum atomic E-state index is 12.1. The summed E-state index contributed by atoms with van der Waals surface area (Å²) in [6.45, 7) is 1.60. The molecule has 1 aromatic carbocycles. The van der Waals surface area contributed by atoms with Crippen molar-refractivity contribution in [1.82, 2.24) is 14.9 Å². The first-order chi connectivity index (χ1) is 11.0. The summed E-state index contributed by atoms with van der Waals surface area (Å²) >= 11 is 0. The number of hydrogen-bond donors (Lipinski definition) is 2. The molecule has 0 spiro atoms. The second-order valence-electron chi connectivity index (χ2n) is 6.04. The molecule has 23 heavy (non-hydrogen) atoms. The maximum Gasteiger partial charge on any atom is 0.267 e. The van der Waals surface area contributed by atoms with Gasteiger partial charge in [-0.2, -0.15) is 5.10 Å². The average molecular weight is 333 g/mol. The van der Waals surface area contributed by atoms with Gasteiger partial charge in [-0.05, 0) is 37.2 Å². The summed E-state index contributed by atoms with van der Waals surface area (Å²) in [5.74, 6) is 0.267. The molecule has 6 nitrogen and oxygen atoms in total. The molecule has 2 N–H and O–H groups in total. The Morgan fingerprint density at radius 2 is 2.04 bits per heavy atom. The fraction of sp³-hybridized carbons (Fsp3) is 0.375. The Balaban J connectivity index is 1.52. The van der Waals surface area contributed by atoms with E-state index in [1.807, 2.05) is 18.2 Å². The topological polar surface area (TPSA) is 91.9 Å². The SMILES string of the molecule is Cc1[nH]ncc1S(=O)(=O)NC(=O)C[C@@H]1C[C@H]1Cc1ccccc1. The van der Waals surface area contributed by atoms with E-state index in [9.17, 15) is 13.2 Å². The van der Waals surface area contributed by atoms with Gasteiger partial charge >= 0.3 is 0 Å². The van der Waals surface area contributed by atoms with Crippen molar-refractivity contribution in [3.8, 4) is 0 Å². The molecule has 1 saturated carbocycles. The molecule has 1 aliphatic rings. The van der Waals surface area contributed by atoms with Gasteiger partial charge in [-0.25, -0.2) is 13.1 Å². The van der Waals surface area contributed by atoms with Crippen LogP contribution in [0.3, 0.4) is 0 Å². The van der Waals surface area contributed by atoms with Crippen LogP contribution in [0, 0.1) is 18.8 Å². The molecule has 2 atom stereocenters. The normalized spacial score (nSPS) is 20.2. The van der Waals surface area contributed by atoms with Crippen molar-refractivity contribution in [3.63, 3.8) is 0 Å². The van der Waals surface area contributed by atoms with Crippen LogP contribution in [0.25, 0.3) is 0 Å². The number of sulfonamides is 1. The highest BCUT2D eigenvalue weighted by Gasteiger charge is 2.38. The van der Waals surface area contributed by atoms with E-state index < -0.39 is 15.9 Å². The molecular weight excluding hydrogens is 314 g/mol. The lowest BCUT2D eigenvalue weighted by molar-refractivity contribution is -0.119. The number of benzene rings is 1. The van der Waals surface area contributed by atoms with E-state index in [1.54, 1.807) is 6.92 Å². The zero-order valence-electron chi connectivity index (χ0n) is 12.8. The summed E-state index contributed by atoms with van der Waals surface area (Å²) in [5.41, 5.74) is 1.67. The predicted molar refractivity (Wildman–Crippen MR) is 85.0 cm³/mol. The van der Waals surface area contributed by atoms with Gasteiger partial charge in [0.25, 0.3) is 10.0 Å². The van der Waals surface area contributed by atoms with Crippen LogP contribution in [0.2, 0.25) is 0 Å². The quantitative estimate of drug-likeness (QED) is 0.843. The number of nitrogens with zero attached hydrogens (tertiary/aromatic N) is 1. The summed E-state index contributed by atoms with van der Waals surface area (Å²) in [4.78, 5) is 12.0. The summed E-state index contributed by atoms with van der Waals surface area (Å²) in [6, 6.07) is 10.1. The van der Waals surface area contributed by atoms with Crippen LogP contribution in [-0.2, 0) is 21.2 Å². The molecule has 3 rings (SSSR count). The molecule has 1 aromatic heterocycles. The minimum atomic E-state index is -3.83. The number of amides is 1. The second-order valence-corrected chi connectivity index (χ2v) is 7.69. The Hall–Kier alpha value is -2.15. The van der Waals surface area contributed by atoms with Crippen molar-refractivity contribution >= 4 is 15.9 Å². The Kier molecular flexibility index (Phi) is 4.21. The molecular formula is C16H19N3O3S. The first-order valence-electron chi connectivity index (χ1n) is 7.55. The van der Waals surface area contributed by atoms with E-state index in [1.165, 1.54) is 11.8 Å². The first-order valence-corrected chi connectivity index (χ1v) is 9.03. The third-order valence-electron chi connectivity index (χ3n) is 4.18. The molecule has 0 unspecified atom stereocenters. The van der Waals surface area contributed by atoms with Crippen molar-refractivity contribution in [2.24, 2.45) is 11.8 Å². The van der Waals surface area contributed by atoms with Crippen molar-refractivity contribution in [1.29, 1.82) is 0 Å². The third-order valence-corrected chi connectivity index (χ3v) is 5.67. The van der Waals surface area contributed by atoms with Crippen LogP contribution in [-0.4, -0.2) is 24.5 Å². The minimum absolute atomic E-state index is 0.0162. The Bertz CT molecular complexity index is 799. The fourth-order valence-corrected chi connectivity index (χ4v) is 3.96. The molecule has 122 valence electrons. The molecule has 1 amide bonds. The number of H-pyrrole nitrogens is 1. The summed E-state index contributed by atoms with van der Waals surface area (Å²) in [5, 5.41) is 6.23. The molecule has 1 fully saturated rings. The predicted octanol–water partition coefficient (Wildman–Crippen LogP) is 1.79. The average Bonchev–Trinajstić information content (AvgIpc) is 3.03. The van der Waals surface area contributed by atoms with E-state index in [-0.39, 0.29) is 17.2 Å². The molecule has 0 aliphatic heterocycles. The molecule has 7 heteroatoms. The van der Waals surface area contributed by atoms with Gasteiger partial charge in [-0.15, -0.1) is 0 Å². The van der Waals surface area contributed by atoms with Crippen molar-refractivity contribution in [2.45, 2.75) is 31.1 Å². The Labute approximate surface area is 135 Å². The molecule has 1 aliphatic carbocycles. The Morgan fingerprint density at radius 1 is 1.30 bits per heavy atom. The highest BCUT2D eigenvalue weighted by Crippen LogP contribution is 2.43. The van der Waals surface area contributed by atoms with Gasteiger partial charge in [0.1, 0.15) is 4.90 Å². The number of aryl methyl sites for hydroxylation is 1. The highest BCUT2D eigenvalue weighted by molar-refractivity contribution is 7.90. The number of hydrogen-bond acceptors (Lipinski definition) is 4. The second kappa shape index (κ2) is 6.16. The van der Waals surface area contributed by atoms with Gasteiger partial charge < -0.3 is 0 Å². The third kappa shape index (κ3) is 3.79. The largest absolute Gasteiger partial charge is 0.281 e. The number of aromatic amines is 1. The molecule has 0 radical (unpaired) electrons. The van der Waals surface area contributed by atoms with E-state index in [2.05, 4.69) is 27.1 Å². The van der Waals surface area contributed by atoms with Crippen LogP contribution in [0.15, 0.2) is 41.4 Å². The molecule has 2 aromatic rings. The lowest BCUT2D eigenvalue weighted by Gasteiger charge is -2.06. The number of carbonyl (C=O) groups is 1. The Morgan fingerprint density at radius 3 is 2.70 bits per heavy atom. The van der Waals surface area contributed by atoms with Crippen LogP contribution in [0.5, 0.6) is 0 Å². The first kappa shape index (κ1) is 15.7. The van der Waals surface area contributed by atoms with E-state index in [0.29, 0.717) is 11.6 Å². The van der Waals surface area contributed by atoms with Crippen LogP contribution >= 0.6 is 0 Å². The highest BCUT2D eigenvalue weighted by atomic mass is 32.2. The van der Waals surface area contributed by atoms with Crippen molar-refractivity contribution < 1.29 is 13.2 Å². The van der Waals surface area contributed by atoms with E-state index in [4.69, 9.17) is 0 Å². The van der Waals surface area contributed by atoms with E-state index >= 15 is 0 Å². The molecule has 0 bridgehead atoms. The summed E-state index contributed by atoms with van der Waals surface area (Å²) in [7, 11) is -3.83. The number of carbonyl (C=O) groups excluding carboxylic acids is 1. The van der Waals surface area contributed by atoms with Crippen molar-refractivity contribution in [2.75, 3.05) is 0 Å². The number of rotatable bonds is 6. The van der Waals surface area contributed by atoms with Gasteiger partial charge in [0.2, 0.25) is 5.91 Å². The van der Waals surface area contributed by atoms with E-state index in [0.717, 1.165) is 12.8 Å². The van der Waals surface area contributed by atoms with Gasteiger partial charge in [0.15, 0.2) is 0 Å². The van der Waals surface area contributed by atoms with Gasteiger partial charge in [0, 0.05) is 6.42 Å². The zero-order chi connectivity index (χ0) is 16.4. The monoisotopic (exact) mass is 333 g/mol. The van der Waals surface area contributed by atoms with Gasteiger partial charge in [-0.3, -0.25) is 9.89 Å². The van der Waals surface area contributed by atoms with Crippen molar-refractivity contribution in [3.05, 3.63) is 47.8 Å². The fourth-order valence-electron chi connectivity index (χ4n) is 2.82. The molecule has 0 saturated heterocycles. The maximum absolute atomic E-state index is 12.1. The van der Waals surface area contributed by atoms with Crippen LogP contribution < -0.4 is 4.72 Å². The molecule has 1 heterocycles. The van der Waals surface area contributed by atoms with Gasteiger partial charge in [-0.1, -0.05) is 30.3 Å². The zero-order valence-corrected chi connectivity index (χ0v) is 13.6. The number of nitrogens with one attached hydrogen (secondary N) is 2. The summed E-state index contributed by atoms with van der Waals surface area (Å²) in [6.07, 6.45) is 3.35. The van der Waals surface area contributed by atoms with Gasteiger partial charge in [0.05, 0.1) is 11.9 Å². The number of aromatic nitrogens is 2.